The Bertz CT molecular complexity index is 992. The molecule has 1 aliphatic rings. The Morgan fingerprint density at radius 3 is 2.76 bits per heavy atom. The van der Waals surface area contributed by atoms with E-state index in [1.807, 2.05) is 22.8 Å². The van der Waals surface area contributed by atoms with E-state index in [4.69, 9.17) is 9.47 Å². The van der Waals surface area contributed by atoms with Crippen molar-refractivity contribution in [1.29, 1.82) is 0 Å². The van der Waals surface area contributed by atoms with Gasteiger partial charge in [-0.25, -0.2) is 4.39 Å². The van der Waals surface area contributed by atoms with Crippen LogP contribution in [0.2, 0.25) is 0 Å². The zero-order valence-corrected chi connectivity index (χ0v) is 16.2. The van der Waals surface area contributed by atoms with Gasteiger partial charge < -0.3 is 19.1 Å². The van der Waals surface area contributed by atoms with Crippen molar-refractivity contribution in [2.45, 2.75) is 32.8 Å². The molecule has 8 heteroatoms. The predicted octanol–water partition coefficient (Wildman–Crippen LogP) is 2.51. The molecular weight excluding hydrogens is 375 g/mol. The van der Waals surface area contributed by atoms with E-state index in [1.165, 1.54) is 6.07 Å². The molecule has 2 aromatic carbocycles. The maximum Gasteiger partial charge on any atom is 0.161 e. The average molecular weight is 398 g/mol. The van der Waals surface area contributed by atoms with Crippen LogP contribution in [0.1, 0.15) is 22.8 Å². The molecule has 0 amide bonds. The van der Waals surface area contributed by atoms with Gasteiger partial charge in [-0.1, -0.05) is 24.3 Å². The molecule has 0 spiro atoms. The predicted molar refractivity (Wildman–Crippen MR) is 104 cm³/mol. The summed E-state index contributed by atoms with van der Waals surface area (Å²) in [7, 11) is 1.58. The average Bonchev–Trinajstić information content (AvgIpc) is 3.15. The molecule has 0 saturated heterocycles. The molecule has 7 nitrogen and oxygen atoms in total. The second-order valence-electron chi connectivity index (χ2n) is 6.92. The summed E-state index contributed by atoms with van der Waals surface area (Å²) < 4.78 is 27.1. The first-order valence-corrected chi connectivity index (χ1v) is 9.45. The lowest BCUT2D eigenvalue weighted by molar-refractivity contribution is 0.199. The van der Waals surface area contributed by atoms with Crippen molar-refractivity contribution in [2.75, 3.05) is 13.7 Å². The molecule has 0 radical (unpaired) electrons. The lowest BCUT2D eigenvalue weighted by Crippen LogP contribution is -2.34. The highest BCUT2D eigenvalue weighted by Crippen LogP contribution is 2.30. The lowest BCUT2D eigenvalue weighted by atomic mass is 10.1. The summed E-state index contributed by atoms with van der Waals surface area (Å²) in [4.78, 5) is 2.26. The number of rotatable bonds is 7. The zero-order chi connectivity index (χ0) is 20.2. The van der Waals surface area contributed by atoms with Gasteiger partial charge in [0, 0.05) is 25.2 Å². The Hall–Kier alpha value is -2.97. The third kappa shape index (κ3) is 4.23. The van der Waals surface area contributed by atoms with Crippen LogP contribution in [0.25, 0.3) is 0 Å². The van der Waals surface area contributed by atoms with E-state index in [0.29, 0.717) is 36.0 Å². The largest absolute Gasteiger partial charge is 0.493 e. The quantitative estimate of drug-likeness (QED) is 0.659. The molecule has 0 bridgehead atoms. The molecule has 0 fully saturated rings. The first kappa shape index (κ1) is 19.4. The zero-order valence-electron chi connectivity index (χ0n) is 16.2. The topological polar surface area (TPSA) is 72.6 Å². The minimum Gasteiger partial charge on any atom is -0.493 e. The van der Waals surface area contributed by atoms with Crippen LogP contribution < -0.4 is 9.47 Å². The Morgan fingerprint density at radius 1 is 1.10 bits per heavy atom. The van der Waals surface area contributed by atoms with Gasteiger partial charge in [-0.2, -0.15) is 0 Å². The summed E-state index contributed by atoms with van der Waals surface area (Å²) in [5, 5.41) is 17.5. The number of aliphatic hydroxyl groups is 1. The van der Waals surface area contributed by atoms with E-state index in [2.05, 4.69) is 15.1 Å². The van der Waals surface area contributed by atoms with Crippen molar-refractivity contribution >= 4 is 0 Å². The van der Waals surface area contributed by atoms with Crippen molar-refractivity contribution in [2.24, 2.45) is 0 Å². The van der Waals surface area contributed by atoms with E-state index < -0.39 is 0 Å². The van der Waals surface area contributed by atoms with Crippen molar-refractivity contribution in [3.8, 4) is 11.5 Å². The summed E-state index contributed by atoms with van der Waals surface area (Å²) in [6, 6.07) is 12.4. The highest BCUT2D eigenvalue weighted by molar-refractivity contribution is 5.43. The fraction of sp³-hybridized carbons (Fsp3) is 0.333. The van der Waals surface area contributed by atoms with Gasteiger partial charge in [0.2, 0.25) is 0 Å². The molecular formula is C21H23FN4O3. The van der Waals surface area contributed by atoms with Crippen LogP contribution in [-0.4, -0.2) is 38.4 Å². The molecule has 0 atom stereocenters. The van der Waals surface area contributed by atoms with Crippen LogP contribution in [0, 0.1) is 5.82 Å². The number of fused-ring (bicyclic) bond motifs is 1. The van der Waals surface area contributed by atoms with E-state index in [0.717, 1.165) is 24.5 Å². The highest BCUT2D eigenvalue weighted by Gasteiger charge is 2.21. The monoisotopic (exact) mass is 398 g/mol. The summed E-state index contributed by atoms with van der Waals surface area (Å²) in [5.41, 5.74) is 1.56. The number of nitrogens with zero attached hydrogens (tertiary/aromatic N) is 4. The molecule has 1 aromatic heterocycles. The summed E-state index contributed by atoms with van der Waals surface area (Å²) in [6.07, 6.45) is 0. The normalized spacial score (nSPS) is 13.9. The lowest BCUT2D eigenvalue weighted by Gasteiger charge is -2.27. The fourth-order valence-electron chi connectivity index (χ4n) is 3.48. The van der Waals surface area contributed by atoms with Crippen LogP contribution in [-0.2, 0) is 32.8 Å². The number of hydrogen-bond donors (Lipinski definition) is 1. The van der Waals surface area contributed by atoms with Gasteiger partial charge in [0.05, 0.1) is 13.7 Å². The summed E-state index contributed by atoms with van der Waals surface area (Å²) in [5.74, 6) is 2.35. The van der Waals surface area contributed by atoms with Crippen LogP contribution in [0.4, 0.5) is 4.39 Å². The second-order valence-corrected chi connectivity index (χ2v) is 6.92. The molecule has 1 N–H and O–H groups in total. The Balaban J connectivity index is 1.46. The van der Waals surface area contributed by atoms with Crippen molar-refractivity contribution in [3.05, 3.63) is 71.1 Å². The number of aliphatic hydroxyl groups excluding tert-OH is 1. The Labute approximate surface area is 168 Å². The number of hydrogen-bond acceptors (Lipinski definition) is 6. The van der Waals surface area contributed by atoms with E-state index in [1.54, 1.807) is 25.3 Å². The highest BCUT2D eigenvalue weighted by atomic mass is 19.1. The molecule has 2 heterocycles. The summed E-state index contributed by atoms with van der Waals surface area (Å²) >= 11 is 0. The van der Waals surface area contributed by atoms with Crippen molar-refractivity contribution in [3.63, 3.8) is 0 Å². The maximum atomic E-state index is 13.9. The van der Waals surface area contributed by atoms with Gasteiger partial charge in [0.1, 0.15) is 24.9 Å². The number of methoxy groups -OCH3 is 1. The molecule has 1 aliphatic heterocycles. The third-order valence-corrected chi connectivity index (χ3v) is 5.03. The smallest absolute Gasteiger partial charge is 0.161 e. The first-order valence-electron chi connectivity index (χ1n) is 9.45. The third-order valence-electron chi connectivity index (χ3n) is 5.03. The SMILES string of the molecule is COc1ccc(CN2CCn3c(CO)nnc3C2)cc1OCc1ccccc1F. The van der Waals surface area contributed by atoms with Gasteiger partial charge in [-0.05, 0) is 23.8 Å². The number of aromatic nitrogens is 3. The van der Waals surface area contributed by atoms with Gasteiger partial charge >= 0.3 is 0 Å². The van der Waals surface area contributed by atoms with E-state index in [-0.39, 0.29) is 19.0 Å². The van der Waals surface area contributed by atoms with Gasteiger partial charge in [0.15, 0.2) is 17.3 Å². The molecule has 4 rings (SSSR count). The first-order chi connectivity index (χ1) is 14.2. The van der Waals surface area contributed by atoms with Gasteiger partial charge in [0.25, 0.3) is 0 Å². The molecule has 0 unspecified atom stereocenters. The number of halogens is 1. The van der Waals surface area contributed by atoms with Crippen LogP contribution >= 0.6 is 0 Å². The molecule has 0 aliphatic carbocycles. The number of ether oxygens (including phenoxy) is 2. The van der Waals surface area contributed by atoms with E-state index in [9.17, 15) is 9.50 Å². The molecule has 152 valence electrons. The van der Waals surface area contributed by atoms with Crippen molar-refractivity contribution < 1.29 is 19.0 Å². The minimum absolute atomic E-state index is 0.103. The molecule has 29 heavy (non-hydrogen) atoms. The van der Waals surface area contributed by atoms with Gasteiger partial charge in [-0.15, -0.1) is 10.2 Å². The fourth-order valence-corrected chi connectivity index (χ4v) is 3.48. The summed E-state index contributed by atoms with van der Waals surface area (Å²) in [6.45, 7) is 2.96. The van der Waals surface area contributed by atoms with Crippen LogP contribution in [0.3, 0.4) is 0 Å². The van der Waals surface area contributed by atoms with Crippen molar-refractivity contribution in [1.82, 2.24) is 19.7 Å². The molecule has 0 saturated carbocycles. The second kappa shape index (κ2) is 8.59. The van der Waals surface area contributed by atoms with E-state index >= 15 is 0 Å². The standard InChI is InChI=1S/C21H23FN4O3/c1-28-18-7-6-15(10-19(18)29-14-16-4-2-3-5-17(16)22)11-25-8-9-26-20(12-25)23-24-21(26)13-27/h2-7,10,27H,8-9,11-14H2,1H3. The minimum atomic E-state index is -0.290. The van der Waals surface area contributed by atoms with Gasteiger partial charge in [-0.3, -0.25) is 4.90 Å². The van der Waals surface area contributed by atoms with Crippen LogP contribution in [0.5, 0.6) is 11.5 Å². The molecule has 3 aromatic rings. The Morgan fingerprint density at radius 2 is 1.97 bits per heavy atom. The maximum absolute atomic E-state index is 13.9. The van der Waals surface area contributed by atoms with Crippen LogP contribution in [0.15, 0.2) is 42.5 Å². The number of benzene rings is 2. The Kier molecular flexibility index (Phi) is 5.73.